The summed E-state index contributed by atoms with van der Waals surface area (Å²) in [6.45, 7) is 0. The van der Waals surface area contributed by atoms with E-state index >= 15 is 0 Å². The lowest BCUT2D eigenvalue weighted by atomic mass is 9.96. The average Bonchev–Trinajstić information content (AvgIpc) is 4.04. The molecule has 0 N–H and O–H groups in total. The SMILES string of the molecule is c1ccc(-c2cc(-c3ccccc3)cc(-c3nc(-c4ccc5c(c4)sc4cccc(-c6ccccc6)c45)nc(-n4c5ccccc5c5ccc6c7ccccc7oc6c54)n3)c2)cc1. The largest absolute Gasteiger partial charge is 0.454 e. The van der Waals surface area contributed by atoms with Crippen molar-refractivity contribution in [2.45, 2.75) is 0 Å². The zero-order valence-electron chi connectivity index (χ0n) is 33.7. The highest BCUT2D eigenvalue weighted by Crippen LogP contribution is 2.43. The van der Waals surface area contributed by atoms with Crippen LogP contribution in [-0.4, -0.2) is 19.5 Å². The second-order valence-corrected chi connectivity index (χ2v) is 17.0. The van der Waals surface area contributed by atoms with Crippen molar-refractivity contribution in [3.63, 3.8) is 0 Å². The maximum atomic E-state index is 6.74. The first-order valence-corrected chi connectivity index (χ1v) is 21.9. The molecule has 4 aromatic heterocycles. The maximum absolute atomic E-state index is 6.74. The molecule has 0 aliphatic heterocycles. The van der Waals surface area contributed by atoms with Crippen molar-refractivity contribution in [3.05, 3.63) is 206 Å². The van der Waals surface area contributed by atoms with Gasteiger partial charge in [-0.15, -0.1) is 11.3 Å². The van der Waals surface area contributed by atoms with Gasteiger partial charge in [0.1, 0.15) is 11.1 Å². The molecule has 0 saturated heterocycles. The van der Waals surface area contributed by atoms with Crippen molar-refractivity contribution in [3.8, 4) is 62.1 Å². The van der Waals surface area contributed by atoms with E-state index in [1.54, 1.807) is 11.3 Å². The summed E-state index contributed by atoms with van der Waals surface area (Å²) in [6.07, 6.45) is 0. The highest BCUT2D eigenvalue weighted by Gasteiger charge is 2.23. The van der Waals surface area contributed by atoms with Crippen LogP contribution in [0.15, 0.2) is 211 Å². The molecule has 0 atom stereocenters. The van der Waals surface area contributed by atoms with Crippen molar-refractivity contribution >= 4 is 75.3 Å². The Morgan fingerprint density at radius 3 is 1.73 bits per heavy atom. The Labute approximate surface area is 365 Å². The highest BCUT2D eigenvalue weighted by atomic mass is 32.1. The number of rotatable bonds is 6. The topological polar surface area (TPSA) is 56.7 Å². The van der Waals surface area contributed by atoms with Gasteiger partial charge in [-0.1, -0.05) is 158 Å². The molecular formula is C57H34N4OS. The van der Waals surface area contributed by atoms with Gasteiger partial charge in [-0.05, 0) is 81.9 Å². The number of thiophene rings is 1. The van der Waals surface area contributed by atoms with Gasteiger partial charge in [-0.25, -0.2) is 4.98 Å². The van der Waals surface area contributed by atoms with Gasteiger partial charge in [-0.3, -0.25) is 4.57 Å². The van der Waals surface area contributed by atoms with Gasteiger partial charge in [0, 0.05) is 52.8 Å². The summed E-state index contributed by atoms with van der Waals surface area (Å²) in [5.74, 6) is 1.69. The van der Waals surface area contributed by atoms with Crippen LogP contribution in [0.2, 0.25) is 0 Å². The zero-order valence-corrected chi connectivity index (χ0v) is 34.6. The fourth-order valence-electron chi connectivity index (χ4n) is 9.34. The zero-order chi connectivity index (χ0) is 41.4. The number of aromatic nitrogens is 4. The Hall–Kier alpha value is -8.19. The smallest absolute Gasteiger partial charge is 0.238 e. The molecule has 4 heterocycles. The summed E-state index contributed by atoms with van der Waals surface area (Å²) in [7, 11) is 0. The van der Waals surface area contributed by atoms with E-state index < -0.39 is 0 Å². The first kappa shape index (κ1) is 35.6. The predicted octanol–water partition coefficient (Wildman–Crippen LogP) is 15.6. The van der Waals surface area contributed by atoms with E-state index in [0.29, 0.717) is 17.6 Å². The number of furan rings is 1. The molecule has 6 heteroatoms. The first-order chi connectivity index (χ1) is 31.2. The highest BCUT2D eigenvalue weighted by molar-refractivity contribution is 7.26. The number of benzene rings is 9. The van der Waals surface area contributed by atoms with E-state index in [-0.39, 0.29) is 0 Å². The summed E-state index contributed by atoms with van der Waals surface area (Å²) in [5, 5.41) is 6.76. The van der Waals surface area contributed by atoms with E-state index in [4.69, 9.17) is 19.4 Å². The summed E-state index contributed by atoms with van der Waals surface area (Å²) in [5.41, 5.74) is 12.2. The van der Waals surface area contributed by atoms with Crippen LogP contribution >= 0.6 is 11.3 Å². The van der Waals surface area contributed by atoms with E-state index in [9.17, 15) is 0 Å². The molecule has 294 valence electrons. The van der Waals surface area contributed by atoms with Gasteiger partial charge in [0.05, 0.1) is 5.52 Å². The molecule has 5 nitrogen and oxygen atoms in total. The standard InChI is InChI=1S/C57H34N4OS/c1-4-15-35(16-5-1)39-31-40(36-17-6-2-7-18-36)33-41(32-39)56-58-55(38-27-28-47-51(34-38)63-50-26-14-23-42(52(47)50)37-19-8-3-9-20-37)59-57(60-56)61-48-24-12-10-21-43(48)45-29-30-46-44-22-11-13-25-49(44)62-54(46)53(45)61/h1-34H. The molecule has 0 bridgehead atoms. The summed E-state index contributed by atoms with van der Waals surface area (Å²) in [6, 6.07) is 72.7. The molecule has 0 aliphatic carbocycles. The Bertz CT molecular complexity index is 3850. The van der Waals surface area contributed by atoms with Crippen molar-refractivity contribution in [2.75, 3.05) is 0 Å². The Balaban J connectivity index is 1.10. The van der Waals surface area contributed by atoms with E-state index in [1.165, 1.54) is 31.3 Å². The first-order valence-electron chi connectivity index (χ1n) is 21.1. The van der Waals surface area contributed by atoms with Crippen LogP contribution in [0.5, 0.6) is 0 Å². The lowest BCUT2D eigenvalue weighted by Gasteiger charge is -2.13. The fourth-order valence-corrected chi connectivity index (χ4v) is 10.5. The van der Waals surface area contributed by atoms with Gasteiger partial charge in [-0.2, -0.15) is 9.97 Å². The van der Waals surface area contributed by atoms with Gasteiger partial charge >= 0.3 is 0 Å². The van der Waals surface area contributed by atoms with E-state index in [2.05, 4.69) is 199 Å². The van der Waals surface area contributed by atoms with Crippen molar-refractivity contribution in [2.24, 2.45) is 0 Å². The van der Waals surface area contributed by atoms with Crippen LogP contribution < -0.4 is 0 Å². The van der Waals surface area contributed by atoms with Crippen LogP contribution in [0.3, 0.4) is 0 Å². The third-order valence-corrected chi connectivity index (χ3v) is 13.4. The van der Waals surface area contributed by atoms with Gasteiger partial charge in [0.25, 0.3) is 0 Å². The molecule has 0 fully saturated rings. The summed E-state index contributed by atoms with van der Waals surface area (Å²) >= 11 is 1.80. The fraction of sp³-hybridized carbons (Fsp3) is 0. The van der Waals surface area contributed by atoms with Crippen LogP contribution in [0, 0.1) is 0 Å². The number of para-hydroxylation sites is 2. The number of hydrogen-bond acceptors (Lipinski definition) is 5. The quantitative estimate of drug-likeness (QED) is 0.168. The second kappa shape index (κ2) is 14.2. The Morgan fingerprint density at radius 2 is 0.984 bits per heavy atom. The number of nitrogens with zero attached hydrogens (tertiary/aromatic N) is 4. The van der Waals surface area contributed by atoms with Crippen LogP contribution in [0.25, 0.3) is 126 Å². The molecule has 9 aromatic carbocycles. The van der Waals surface area contributed by atoms with Crippen molar-refractivity contribution < 1.29 is 4.42 Å². The molecule has 0 radical (unpaired) electrons. The predicted molar refractivity (Wildman–Crippen MR) is 262 cm³/mol. The number of fused-ring (bicyclic) bond motifs is 10. The third-order valence-electron chi connectivity index (χ3n) is 12.2. The number of hydrogen-bond donors (Lipinski definition) is 0. The van der Waals surface area contributed by atoms with Crippen LogP contribution in [0.4, 0.5) is 0 Å². The molecule has 0 amide bonds. The van der Waals surface area contributed by atoms with Gasteiger partial charge in [0.15, 0.2) is 17.2 Å². The minimum atomic E-state index is 0.517. The molecule has 0 spiro atoms. The van der Waals surface area contributed by atoms with Crippen molar-refractivity contribution in [1.82, 2.24) is 19.5 Å². The van der Waals surface area contributed by atoms with E-state index in [1.807, 2.05) is 12.1 Å². The van der Waals surface area contributed by atoms with Crippen LogP contribution in [0.1, 0.15) is 0 Å². The lowest BCUT2D eigenvalue weighted by molar-refractivity contribution is 0.670. The normalized spacial score (nSPS) is 11.8. The molecule has 63 heavy (non-hydrogen) atoms. The Kier molecular flexibility index (Phi) is 8.01. The molecular weight excluding hydrogens is 789 g/mol. The summed E-state index contributed by atoms with van der Waals surface area (Å²) < 4.78 is 11.3. The molecule has 0 aliphatic rings. The van der Waals surface area contributed by atoms with Gasteiger partial charge in [0.2, 0.25) is 5.95 Å². The summed E-state index contributed by atoms with van der Waals surface area (Å²) in [4.78, 5) is 16.3. The molecule has 13 aromatic rings. The molecule has 0 saturated carbocycles. The third kappa shape index (κ3) is 5.80. The minimum Gasteiger partial charge on any atom is -0.454 e. The van der Waals surface area contributed by atoms with Gasteiger partial charge < -0.3 is 4.42 Å². The van der Waals surface area contributed by atoms with E-state index in [0.717, 1.165) is 77.1 Å². The monoisotopic (exact) mass is 822 g/mol. The Morgan fingerprint density at radius 1 is 0.381 bits per heavy atom. The minimum absolute atomic E-state index is 0.517. The molecule has 0 unspecified atom stereocenters. The molecule has 13 rings (SSSR count). The average molecular weight is 823 g/mol. The maximum Gasteiger partial charge on any atom is 0.238 e. The second-order valence-electron chi connectivity index (χ2n) is 16.0. The van der Waals surface area contributed by atoms with Crippen molar-refractivity contribution in [1.29, 1.82) is 0 Å². The lowest BCUT2D eigenvalue weighted by Crippen LogP contribution is -2.06. The van der Waals surface area contributed by atoms with Crippen LogP contribution in [-0.2, 0) is 0 Å².